The highest BCUT2D eigenvalue weighted by molar-refractivity contribution is 5.73. The molecular weight excluding hydrogens is 548 g/mol. The molecular formula is C22H38N2O16. The number of rotatable bonds is 9. The molecule has 3 aliphatic rings. The summed E-state index contributed by atoms with van der Waals surface area (Å²) in [6.07, 6.45) is -20.8. The number of ether oxygens (including phenoxy) is 5. The van der Waals surface area contributed by atoms with Gasteiger partial charge in [-0.05, 0) is 0 Å². The van der Waals surface area contributed by atoms with Gasteiger partial charge in [0.1, 0.15) is 73.1 Å². The maximum Gasteiger partial charge on any atom is 0.217 e. The molecule has 3 aliphatic heterocycles. The van der Waals surface area contributed by atoms with E-state index >= 15 is 0 Å². The molecule has 232 valence electrons. The van der Waals surface area contributed by atoms with Crippen molar-refractivity contribution in [3.05, 3.63) is 0 Å². The smallest absolute Gasteiger partial charge is 0.217 e. The second kappa shape index (κ2) is 14.0. The zero-order chi connectivity index (χ0) is 29.9. The Balaban J connectivity index is 1.73. The Morgan fingerprint density at radius 3 is 1.77 bits per heavy atom. The maximum atomic E-state index is 11.9. The van der Waals surface area contributed by atoms with Gasteiger partial charge in [-0.3, -0.25) is 9.59 Å². The van der Waals surface area contributed by atoms with Gasteiger partial charge in [0.05, 0.1) is 19.8 Å². The van der Waals surface area contributed by atoms with Crippen molar-refractivity contribution in [2.24, 2.45) is 0 Å². The third kappa shape index (κ3) is 7.23. The zero-order valence-corrected chi connectivity index (χ0v) is 21.7. The molecule has 0 spiro atoms. The fourth-order valence-corrected chi connectivity index (χ4v) is 4.76. The number of amides is 2. The molecule has 3 rings (SSSR count). The molecule has 0 radical (unpaired) electrons. The first-order chi connectivity index (χ1) is 18.8. The van der Waals surface area contributed by atoms with Gasteiger partial charge in [0.25, 0.3) is 0 Å². The summed E-state index contributed by atoms with van der Waals surface area (Å²) in [5.41, 5.74) is 0. The van der Waals surface area contributed by atoms with Crippen molar-refractivity contribution in [1.29, 1.82) is 0 Å². The van der Waals surface area contributed by atoms with E-state index in [0.29, 0.717) is 0 Å². The van der Waals surface area contributed by atoms with Crippen LogP contribution in [0.2, 0.25) is 0 Å². The van der Waals surface area contributed by atoms with E-state index in [9.17, 15) is 55.5 Å². The third-order valence-electron chi connectivity index (χ3n) is 6.88. The topological polar surface area (TPSA) is 286 Å². The molecule has 0 bridgehead atoms. The number of hydrogen-bond acceptors (Lipinski definition) is 16. The lowest BCUT2D eigenvalue weighted by molar-refractivity contribution is -0.351. The van der Waals surface area contributed by atoms with Gasteiger partial charge >= 0.3 is 0 Å². The van der Waals surface area contributed by atoms with Crippen LogP contribution in [-0.2, 0) is 33.3 Å². The highest BCUT2D eigenvalue weighted by Gasteiger charge is 2.52. The summed E-state index contributed by atoms with van der Waals surface area (Å²) in [4.78, 5) is 23.2. The van der Waals surface area contributed by atoms with Crippen molar-refractivity contribution in [2.75, 3.05) is 19.8 Å². The number of hydrogen-bond donors (Lipinski definition) is 11. The van der Waals surface area contributed by atoms with Crippen molar-refractivity contribution in [2.45, 2.75) is 106 Å². The average Bonchev–Trinajstić information content (AvgIpc) is 2.90. The normalized spacial score (nSPS) is 46.0. The van der Waals surface area contributed by atoms with E-state index in [1.807, 2.05) is 0 Å². The Morgan fingerprint density at radius 1 is 0.650 bits per heavy atom. The first-order valence-electron chi connectivity index (χ1n) is 12.6. The van der Waals surface area contributed by atoms with Crippen molar-refractivity contribution in [3.63, 3.8) is 0 Å². The second-order valence-corrected chi connectivity index (χ2v) is 9.85. The number of aliphatic hydroxyl groups is 9. The number of carbonyl (C=O) groups is 2. The monoisotopic (exact) mass is 586 g/mol. The van der Waals surface area contributed by atoms with E-state index in [-0.39, 0.29) is 0 Å². The molecule has 40 heavy (non-hydrogen) atoms. The second-order valence-electron chi connectivity index (χ2n) is 9.85. The molecule has 15 atom stereocenters. The van der Waals surface area contributed by atoms with Gasteiger partial charge in [-0.1, -0.05) is 0 Å². The van der Waals surface area contributed by atoms with Gasteiger partial charge in [-0.25, -0.2) is 0 Å². The molecule has 18 nitrogen and oxygen atoms in total. The lowest BCUT2D eigenvalue weighted by atomic mass is 9.95. The average molecular weight is 587 g/mol. The van der Waals surface area contributed by atoms with Crippen LogP contribution in [0.1, 0.15) is 13.8 Å². The van der Waals surface area contributed by atoms with E-state index in [0.717, 1.165) is 13.8 Å². The predicted molar refractivity (Wildman–Crippen MR) is 124 cm³/mol. The third-order valence-corrected chi connectivity index (χ3v) is 6.88. The number of nitrogens with one attached hydrogen (secondary N) is 2. The molecule has 3 fully saturated rings. The minimum absolute atomic E-state index is 0.564. The van der Waals surface area contributed by atoms with Crippen LogP contribution in [0, 0.1) is 0 Å². The van der Waals surface area contributed by atoms with Crippen molar-refractivity contribution >= 4 is 11.8 Å². The predicted octanol–water partition coefficient (Wildman–Crippen LogP) is -7.29. The van der Waals surface area contributed by atoms with Gasteiger partial charge in [0, 0.05) is 13.8 Å². The van der Waals surface area contributed by atoms with Crippen molar-refractivity contribution in [3.8, 4) is 0 Å². The standard InChI is InChI=1S/C22H38N2O16/c1-6(27)23-11-15(31)14(30)10(37-20(11)35)5-36-21-12(24-7(2)28)16(32)19(9(4-26)39-21)40-22-18(34)17(33)13(29)8(3-25)38-22/h8-22,25-26,29-35H,3-5H2,1-2H3,(H,23,27)(H,24,28)/t8-,9-,10-,11-,12-,13+,14-,15-,16-,17+,18-,19-,20-,21-,22+/m1/s1. The zero-order valence-electron chi connectivity index (χ0n) is 21.7. The molecule has 0 aliphatic carbocycles. The van der Waals surface area contributed by atoms with Crippen LogP contribution in [0.4, 0.5) is 0 Å². The molecule has 0 saturated carbocycles. The van der Waals surface area contributed by atoms with E-state index < -0.39 is 124 Å². The largest absolute Gasteiger partial charge is 0.394 e. The summed E-state index contributed by atoms with van der Waals surface area (Å²) >= 11 is 0. The molecule has 3 saturated heterocycles. The summed E-state index contributed by atoms with van der Waals surface area (Å²) in [6.45, 7) is 0.168. The quantitative estimate of drug-likeness (QED) is 0.120. The summed E-state index contributed by atoms with van der Waals surface area (Å²) in [6, 6.07) is -2.72. The van der Waals surface area contributed by atoms with Crippen LogP contribution in [0.5, 0.6) is 0 Å². The number of carbonyl (C=O) groups excluding carboxylic acids is 2. The summed E-state index contributed by atoms with van der Waals surface area (Å²) in [5, 5.41) is 96.3. The van der Waals surface area contributed by atoms with Gasteiger partial charge in [-0.15, -0.1) is 0 Å². The van der Waals surface area contributed by atoms with Gasteiger partial charge in [0.2, 0.25) is 11.8 Å². The summed E-state index contributed by atoms with van der Waals surface area (Å²) < 4.78 is 27.4. The lowest BCUT2D eigenvalue weighted by Gasteiger charge is -2.47. The summed E-state index contributed by atoms with van der Waals surface area (Å²) in [7, 11) is 0. The highest BCUT2D eigenvalue weighted by Crippen LogP contribution is 2.30. The number of aliphatic hydroxyl groups excluding tert-OH is 9. The fourth-order valence-electron chi connectivity index (χ4n) is 4.76. The van der Waals surface area contributed by atoms with Gasteiger partial charge in [-0.2, -0.15) is 0 Å². The Hall–Kier alpha value is -1.62. The fraction of sp³-hybridized carbons (Fsp3) is 0.909. The van der Waals surface area contributed by atoms with Crippen LogP contribution >= 0.6 is 0 Å². The van der Waals surface area contributed by atoms with Crippen molar-refractivity contribution < 1.29 is 79.2 Å². The van der Waals surface area contributed by atoms with E-state index in [2.05, 4.69) is 10.6 Å². The SMILES string of the molecule is CC(=O)N[C@@H]1[C@@H](O)[C@H](O)[C@@H](CO[C@@H]2O[C@H](CO)[C@@H](O[C@@H]3O[C@H](CO)[C@H](O)[C@H](O)[C@H]3O)[C@H](O)[C@H]2NC(C)=O)O[C@H]1O. The molecule has 0 unspecified atom stereocenters. The van der Waals surface area contributed by atoms with Crippen LogP contribution in [0.3, 0.4) is 0 Å². The lowest BCUT2D eigenvalue weighted by Crippen LogP contribution is -2.68. The Bertz CT molecular complexity index is 852. The molecule has 11 N–H and O–H groups in total. The Kier molecular flexibility index (Phi) is 11.5. The van der Waals surface area contributed by atoms with Crippen molar-refractivity contribution in [1.82, 2.24) is 10.6 Å². The molecule has 0 aromatic carbocycles. The van der Waals surface area contributed by atoms with E-state index in [1.165, 1.54) is 0 Å². The van der Waals surface area contributed by atoms with Crippen LogP contribution in [0.25, 0.3) is 0 Å². The molecule has 3 heterocycles. The highest BCUT2D eigenvalue weighted by atomic mass is 16.7. The molecule has 0 aromatic rings. The Morgan fingerprint density at radius 2 is 1.20 bits per heavy atom. The molecule has 18 heteroatoms. The Labute approximate surface area is 228 Å². The summed E-state index contributed by atoms with van der Waals surface area (Å²) in [5.74, 6) is -1.24. The molecule has 0 aromatic heterocycles. The minimum Gasteiger partial charge on any atom is -0.394 e. The van der Waals surface area contributed by atoms with Gasteiger partial charge in [0.15, 0.2) is 18.9 Å². The van der Waals surface area contributed by atoms with E-state index in [1.54, 1.807) is 0 Å². The minimum atomic E-state index is -1.83. The van der Waals surface area contributed by atoms with Crippen LogP contribution in [-0.4, -0.2) is 170 Å². The maximum absolute atomic E-state index is 11.9. The van der Waals surface area contributed by atoms with Gasteiger partial charge < -0.3 is 80.3 Å². The first-order valence-corrected chi connectivity index (χ1v) is 12.6. The first kappa shape index (κ1) is 32.9. The van der Waals surface area contributed by atoms with Crippen LogP contribution < -0.4 is 10.6 Å². The molecule has 2 amide bonds. The van der Waals surface area contributed by atoms with E-state index in [4.69, 9.17) is 23.7 Å². The van der Waals surface area contributed by atoms with Crippen LogP contribution in [0.15, 0.2) is 0 Å².